The summed E-state index contributed by atoms with van der Waals surface area (Å²) in [6.45, 7) is 3.39. The highest BCUT2D eigenvalue weighted by molar-refractivity contribution is 5.90. The molecule has 18 heavy (non-hydrogen) atoms. The molecule has 0 radical (unpaired) electrons. The number of nitrogens with one attached hydrogen (secondary N) is 2. The van der Waals surface area contributed by atoms with E-state index >= 15 is 0 Å². The van der Waals surface area contributed by atoms with Crippen LogP contribution in [0.25, 0.3) is 0 Å². The van der Waals surface area contributed by atoms with Gasteiger partial charge in [-0.3, -0.25) is 4.79 Å². The van der Waals surface area contributed by atoms with Crippen molar-refractivity contribution in [1.82, 2.24) is 5.32 Å². The lowest BCUT2D eigenvalue weighted by atomic mass is 9.93. The summed E-state index contributed by atoms with van der Waals surface area (Å²) >= 11 is 0. The first-order chi connectivity index (χ1) is 8.31. The monoisotopic (exact) mass is 253 g/mol. The molecule has 1 aromatic rings. The van der Waals surface area contributed by atoms with Crippen LogP contribution in [0, 0.1) is 11.2 Å². The van der Waals surface area contributed by atoms with Crippen LogP contribution in [0.15, 0.2) is 24.3 Å². The van der Waals surface area contributed by atoms with Crippen LogP contribution in [0.3, 0.4) is 0 Å². The molecule has 0 aromatic heterocycles. The van der Waals surface area contributed by atoms with Gasteiger partial charge in [0.25, 0.3) is 0 Å². The van der Waals surface area contributed by atoms with Gasteiger partial charge in [0.05, 0.1) is 5.41 Å². The van der Waals surface area contributed by atoms with Crippen molar-refractivity contribution in [2.75, 3.05) is 11.9 Å². The van der Waals surface area contributed by atoms with Gasteiger partial charge in [0.2, 0.25) is 5.91 Å². The Morgan fingerprint density at radius 1 is 1.28 bits per heavy atom. The third-order valence-corrected chi connectivity index (χ3v) is 2.46. The molecule has 5 nitrogen and oxygen atoms in total. The molecular weight excluding hydrogens is 237 g/mol. The molecule has 98 valence electrons. The lowest BCUT2D eigenvalue weighted by Crippen LogP contribution is -2.43. The van der Waals surface area contributed by atoms with E-state index in [4.69, 9.17) is 5.73 Å². The summed E-state index contributed by atoms with van der Waals surface area (Å²) in [5.74, 6) is -0.875. The van der Waals surface area contributed by atoms with Crippen molar-refractivity contribution in [2.24, 2.45) is 11.1 Å². The number of rotatable bonds is 4. The molecule has 1 aromatic carbocycles. The molecule has 1 rings (SSSR count). The van der Waals surface area contributed by atoms with E-state index in [1.54, 1.807) is 13.8 Å². The number of amides is 3. The number of urea groups is 1. The van der Waals surface area contributed by atoms with Gasteiger partial charge >= 0.3 is 6.03 Å². The van der Waals surface area contributed by atoms with Crippen LogP contribution >= 0.6 is 0 Å². The Labute approximate surface area is 105 Å². The number of hydrogen-bond acceptors (Lipinski definition) is 2. The van der Waals surface area contributed by atoms with Crippen LogP contribution < -0.4 is 16.4 Å². The highest BCUT2D eigenvalue weighted by atomic mass is 19.1. The second-order valence-corrected chi connectivity index (χ2v) is 4.56. The van der Waals surface area contributed by atoms with Crippen LogP contribution in [-0.2, 0) is 4.79 Å². The molecule has 0 spiro atoms. The first kappa shape index (κ1) is 14.0. The highest BCUT2D eigenvalue weighted by Gasteiger charge is 2.25. The predicted molar refractivity (Wildman–Crippen MR) is 66.4 cm³/mol. The van der Waals surface area contributed by atoms with Crippen molar-refractivity contribution in [3.63, 3.8) is 0 Å². The molecule has 6 heteroatoms. The maximum absolute atomic E-state index is 12.6. The van der Waals surface area contributed by atoms with Crippen LogP contribution in [0.4, 0.5) is 14.9 Å². The van der Waals surface area contributed by atoms with Gasteiger partial charge < -0.3 is 16.4 Å². The van der Waals surface area contributed by atoms with E-state index in [9.17, 15) is 14.0 Å². The molecule has 0 aliphatic heterocycles. The minimum atomic E-state index is -0.819. The topological polar surface area (TPSA) is 84.2 Å². The zero-order chi connectivity index (χ0) is 13.8. The quantitative estimate of drug-likeness (QED) is 0.759. The number of primary amides is 1. The maximum atomic E-state index is 12.6. The Balaban J connectivity index is 2.48. The summed E-state index contributed by atoms with van der Waals surface area (Å²) in [6, 6.07) is 4.88. The highest BCUT2D eigenvalue weighted by Crippen LogP contribution is 2.12. The second-order valence-electron chi connectivity index (χ2n) is 4.56. The van der Waals surface area contributed by atoms with Gasteiger partial charge in [0, 0.05) is 12.2 Å². The van der Waals surface area contributed by atoms with Crippen LogP contribution in [0.5, 0.6) is 0 Å². The van der Waals surface area contributed by atoms with Crippen LogP contribution in [0.2, 0.25) is 0 Å². The normalized spacial score (nSPS) is 10.8. The molecular formula is C12H16FN3O2. The van der Waals surface area contributed by atoms with E-state index < -0.39 is 17.4 Å². The number of hydrogen-bond donors (Lipinski definition) is 3. The SMILES string of the molecule is CC(C)(CNC(=O)Nc1ccc(F)cc1)C(N)=O. The van der Waals surface area contributed by atoms with Gasteiger partial charge in [-0.15, -0.1) is 0 Å². The van der Waals surface area contributed by atoms with Gasteiger partial charge in [0.1, 0.15) is 5.82 Å². The average molecular weight is 253 g/mol. The minimum absolute atomic E-state index is 0.120. The molecule has 0 heterocycles. The number of carbonyl (C=O) groups excluding carboxylic acids is 2. The zero-order valence-electron chi connectivity index (χ0n) is 10.3. The summed E-state index contributed by atoms with van der Waals surface area (Å²) in [5, 5.41) is 5.03. The van der Waals surface area contributed by atoms with E-state index in [2.05, 4.69) is 10.6 Å². The Kier molecular flexibility index (Phi) is 4.25. The molecule has 0 aliphatic carbocycles. The molecule has 0 fully saturated rings. The summed E-state index contributed by atoms with van der Waals surface area (Å²) in [5.41, 5.74) is 4.82. The number of carbonyl (C=O) groups is 2. The zero-order valence-corrected chi connectivity index (χ0v) is 10.3. The van der Waals surface area contributed by atoms with Gasteiger partial charge in [-0.2, -0.15) is 0 Å². The van der Waals surface area contributed by atoms with Gasteiger partial charge in [-0.05, 0) is 38.1 Å². The van der Waals surface area contributed by atoms with Crippen molar-refractivity contribution in [3.8, 4) is 0 Å². The third-order valence-electron chi connectivity index (χ3n) is 2.46. The lowest BCUT2D eigenvalue weighted by Gasteiger charge is -2.20. The maximum Gasteiger partial charge on any atom is 0.319 e. The van der Waals surface area contributed by atoms with Gasteiger partial charge in [0.15, 0.2) is 0 Å². The Hall–Kier alpha value is -2.11. The fraction of sp³-hybridized carbons (Fsp3) is 0.333. The smallest absolute Gasteiger partial charge is 0.319 e. The van der Waals surface area contributed by atoms with Crippen molar-refractivity contribution in [2.45, 2.75) is 13.8 Å². The van der Waals surface area contributed by atoms with Crippen LogP contribution in [0.1, 0.15) is 13.8 Å². The molecule has 0 saturated heterocycles. The summed E-state index contributed by atoms with van der Waals surface area (Å²) < 4.78 is 12.6. The predicted octanol–water partition coefficient (Wildman–Crippen LogP) is 1.46. The number of nitrogens with two attached hydrogens (primary N) is 1. The van der Waals surface area contributed by atoms with E-state index in [1.165, 1.54) is 24.3 Å². The first-order valence-electron chi connectivity index (χ1n) is 5.41. The summed E-state index contributed by atoms with van der Waals surface area (Å²) in [6.07, 6.45) is 0. The van der Waals surface area contributed by atoms with Gasteiger partial charge in [-0.1, -0.05) is 0 Å². The standard InChI is InChI=1S/C12H16FN3O2/c1-12(2,10(14)17)7-15-11(18)16-9-5-3-8(13)4-6-9/h3-6H,7H2,1-2H3,(H2,14,17)(H2,15,16,18). The lowest BCUT2D eigenvalue weighted by molar-refractivity contribution is -0.125. The molecule has 4 N–H and O–H groups in total. The Morgan fingerprint density at radius 2 is 1.83 bits per heavy atom. The van der Waals surface area contributed by atoms with Crippen LogP contribution in [-0.4, -0.2) is 18.5 Å². The molecule has 0 saturated carbocycles. The van der Waals surface area contributed by atoms with E-state index in [-0.39, 0.29) is 12.4 Å². The summed E-state index contributed by atoms with van der Waals surface area (Å²) in [7, 11) is 0. The fourth-order valence-corrected chi connectivity index (χ4v) is 1.10. The minimum Gasteiger partial charge on any atom is -0.369 e. The van der Waals surface area contributed by atoms with Crippen molar-refractivity contribution in [3.05, 3.63) is 30.1 Å². The Morgan fingerprint density at radius 3 is 2.33 bits per heavy atom. The fourth-order valence-electron chi connectivity index (χ4n) is 1.10. The summed E-state index contributed by atoms with van der Waals surface area (Å²) in [4.78, 5) is 22.5. The van der Waals surface area contributed by atoms with E-state index in [0.717, 1.165) is 0 Å². The second kappa shape index (κ2) is 5.48. The molecule has 0 aliphatic rings. The molecule has 0 atom stereocenters. The molecule has 0 bridgehead atoms. The molecule has 0 unspecified atom stereocenters. The van der Waals surface area contributed by atoms with Crippen molar-refractivity contribution in [1.29, 1.82) is 0 Å². The Bertz CT molecular complexity index is 443. The van der Waals surface area contributed by atoms with E-state index in [1.807, 2.05) is 0 Å². The number of anilines is 1. The number of halogens is 1. The largest absolute Gasteiger partial charge is 0.369 e. The number of benzene rings is 1. The molecule has 3 amide bonds. The van der Waals surface area contributed by atoms with E-state index in [0.29, 0.717) is 5.69 Å². The van der Waals surface area contributed by atoms with Crippen molar-refractivity contribution < 1.29 is 14.0 Å². The van der Waals surface area contributed by atoms with Crippen molar-refractivity contribution >= 4 is 17.6 Å². The van der Waals surface area contributed by atoms with Gasteiger partial charge in [-0.25, -0.2) is 9.18 Å². The first-order valence-corrected chi connectivity index (χ1v) is 5.41. The third kappa shape index (κ3) is 4.04. The average Bonchev–Trinajstić information content (AvgIpc) is 2.29.